The molecule has 0 bridgehead atoms. The second-order valence-electron chi connectivity index (χ2n) is 4.66. The van der Waals surface area contributed by atoms with Crippen molar-refractivity contribution in [2.45, 2.75) is 0 Å². The Hall–Kier alpha value is -1.94. The molecule has 2 aromatic rings. The molecule has 0 aliphatic carbocycles. The summed E-state index contributed by atoms with van der Waals surface area (Å²) in [5.41, 5.74) is 4.73. The second kappa shape index (κ2) is 5.36. The fraction of sp³-hybridized carbons (Fsp3) is 0.333. The van der Waals surface area contributed by atoms with Crippen molar-refractivity contribution >= 4 is 11.4 Å². The van der Waals surface area contributed by atoms with Gasteiger partial charge in [0.2, 0.25) is 0 Å². The van der Waals surface area contributed by atoms with E-state index >= 15 is 0 Å². The van der Waals surface area contributed by atoms with E-state index in [1.807, 2.05) is 19.3 Å². The lowest BCUT2D eigenvalue weighted by atomic mass is 10.1. The Labute approximate surface area is 113 Å². The molecule has 1 fully saturated rings. The van der Waals surface area contributed by atoms with Gasteiger partial charge in [0.15, 0.2) is 0 Å². The van der Waals surface area contributed by atoms with E-state index in [-0.39, 0.29) is 0 Å². The summed E-state index contributed by atoms with van der Waals surface area (Å²) >= 11 is 0. The zero-order chi connectivity index (χ0) is 13.1. The van der Waals surface area contributed by atoms with Crippen LogP contribution in [0.25, 0.3) is 11.3 Å². The van der Waals surface area contributed by atoms with Crippen LogP contribution in [0.5, 0.6) is 0 Å². The third kappa shape index (κ3) is 2.44. The van der Waals surface area contributed by atoms with Crippen molar-refractivity contribution in [3.63, 3.8) is 0 Å². The number of nitrogens with one attached hydrogen (secondary N) is 2. The van der Waals surface area contributed by atoms with Crippen molar-refractivity contribution in [2.75, 3.05) is 43.6 Å². The number of rotatable bonds is 3. The number of ether oxygens (including phenoxy) is 1. The number of nitrogens with zero attached hydrogens (tertiary/aromatic N) is 1. The highest BCUT2D eigenvalue weighted by atomic mass is 16.5. The molecule has 0 radical (unpaired) electrons. The van der Waals surface area contributed by atoms with Crippen LogP contribution in [-0.2, 0) is 4.74 Å². The van der Waals surface area contributed by atoms with Gasteiger partial charge >= 0.3 is 0 Å². The molecule has 1 aromatic heterocycles. The monoisotopic (exact) mass is 257 g/mol. The van der Waals surface area contributed by atoms with E-state index in [1.165, 1.54) is 11.3 Å². The number of aromatic nitrogens is 1. The zero-order valence-corrected chi connectivity index (χ0v) is 11.1. The first-order chi connectivity index (χ1) is 9.38. The first-order valence-electron chi connectivity index (χ1n) is 6.67. The molecule has 1 saturated heterocycles. The molecule has 0 spiro atoms. The van der Waals surface area contributed by atoms with Crippen LogP contribution < -0.4 is 10.2 Å². The standard InChI is InChI=1S/C15H19N3O/c1-16-14-6-7-17-15(14)12-2-4-13(5-3-12)18-8-10-19-11-9-18/h2-7,16-17H,8-11H2,1H3. The zero-order valence-electron chi connectivity index (χ0n) is 11.1. The number of anilines is 2. The largest absolute Gasteiger partial charge is 0.386 e. The van der Waals surface area contributed by atoms with Crippen molar-refractivity contribution in [1.29, 1.82) is 0 Å². The summed E-state index contributed by atoms with van der Waals surface area (Å²) in [6.45, 7) is 3.60. The van der Waals surface area contributed by atoms with Crippen LogP contribution in [0.4, 0.5) is 11.4 Å². The minimum Gasteiger partial charge on any atom is -0.386 e. The highest BCUT2D eigenvalue weighted by Crippen LogP contribution is 2.28. The lowest BCUT2D eigenvalue weighted by molar-refractivity contribution is 0.122. The van der Waals surface area contributed by atoms with Crippen molar-refractivity contribution in [3.05, 3.63) is 36.5 Å². The van der Waals surface area contributed by atoms with Crippen LogP contribution in [0.3, 0.4) is 0 Å². The SMILES string of the molecule is CNc1cc[nH]c1-c1ccc(N2CCOCC2)cc1. The van der Waals surface area contributed by atoms with E-state index in [0.717, 1.165) is 37.7 Å². The van der Waals surface area contributed by atoms with Gasteiger partial charge in [-0.25, -0.2) is 0 Å². The van der Waals surface area contributed by atoms with E-state index in [0.29, 0.717) is 0 Å². The predicted molar refractivity (Wildman–Crippen MR) is 78.8 cm³/mol. The molecule has 3 rings (SSSR count). The third-order valence-corrected chi connectivity index (χ3v) is 3.55. The molecule has 2 N–H and O–H groups in total. The Balaban J connectivity index is 1.82. The third-order valence-electron chi connectivity index (χ3n) is 3.55. The van der Waals surface area contributed by atoms with E-state index in [2.05, 4.69) is 39.5 Å². The lowest BCUT2D eigenvalue weighted by Gasteiger charge is -2.28. The molecule has 0 atom stereocenters. The summed E-state index contributed by atoms with van der Waals surface area (Å²) in [7, 11) is 1.94. The van der Waals surface area contributed by atoms with Crippen LogP contribution in [-0.4, -0.2) is 38.3 Å². The molecule has 1 aliphatic heterocycles. The van der Waals surface area contributed by atoms with Crippen LogP contribution in [0, 0.1) is 0 Å². The van der Waals surface area contributed by atoms with E-state index < -0.39 is 0 Å². The number of benzene rings is 1. The summed E-state index contributed by atoms with van der Waals surface area (Å²) in [4.78, 5) is 5.64. The molecular weight excluding hydrogens is 238 g/mol. The first-order valence-corrected chi connectivity index (χ1v) is 6.67. The minimum atomic E-state index is 0.822. The van der Waals surface area contributed by atoms with Crippen LogP contribution >= 0.6 is 0 Å². The van der Waals surface area contributed by atoms with Gasteiger partial charge in [-0.2, -0.15) is 0 Å². The van der Waals surface area contributed by atoms with E-state index in [9.17, 15) is 0 Å². The maximum Gasteiger partial charge on any atom is 0.0689 e. The Morgan fingerprint density at radius 3 is 2.53 bits per heavy atom. The van der Waals surface area contributed by atoms with Crippen molar-refractivity contribution in [2.24, 2.45) is 0 Å². The number of aromatic amines is 1. The Kier molecular flexibility index (Phi) is 3.42. The predicted octanol–water partition coefficient (Wildman–Crippen LogP) is 2.56. The molecule has 19 heavy (non-hydrogen) atoms. The maximum atomic E-state index is 5.38. The van der Waals surface area contributed by atoms with Gasteiger partial charge in [-0.1, -0.05) is 12.1 Å². The molecule has 0 amide bonds. The van der Waals surface area contributed by atoms with Gasteiger partial charge in [0.25, 0.3) is 0 Å². The van der Waals surface area contributed by atoms with Gasteiger partial charge in [0.05, 0.1) is 24.6 Å². The quantitative estimate of drug-likeness (QED) is 0.887. The molecule has 0 unspecified atom stereocenters. The maximum absolute atomic E-state index is 5.38. The van der Waals surface area contributed by atoms with Crippen LogP contribution in [0.15, 0.2) is 36.5 Å². The molecule has 100 valence electrons. The summed E-state index contributed by atoms with van der Waals surface area (Å²) in [5, 5.41) is 3.19. The average Bonchev–Trinajstić information content (AvgIpc) is 2.97. The lowest BCUT2D eigenvalue weighted by Crippen LogP contribution is -2.36. The average molecular weight is 257 g/mol. The molecule has 1 aromatic carbocycles. The molecular formula is C15H19N3O. The molecule has 1 aliphatic rings. The number of hydrogen-bond acceptors (Lipinski definition) is 3. The topological polar surface area (TPSA) is 40.3 Å². The fourth-order valence-corrected chi connectivity index (χ4v) is 2.48. The molecule has 4 nitrogen and oxygen atoms in total. The highest BCUT2D eigenvalue weighted by molar-refractivity contribution is 5.75. The van der Waals surface area contributed by atoms with Crippen molar-refractivity contribution in [3.8, 4) is 11.3 Å². The summed E-state index contributed by atoms with van der Waals surface area (Å²) in [5.74, 6) is 0. The Morgan fingerprint density at radius 2 is 1.84 bits per heavy atom. The minimum absolute atomic E-state index is 0.822. The Morgan fingerprint density at radius 1 is 1.11 bits per heavy atom. The van der Waals surface area contributed by atoms with Crippen molar-refractivity contribution in [1.82, 2.24) is 4.98 Å². The normalized spacial score (nSPS) is 15.5. The fourth-order valence-electron chi connectivity index (χ4n) is 2.48. The van der Waals surface area contributed by atoms with Crippen LogP contribution in [0.2, 0.25) is 0 Å². The molecule has 0 saturated carbocycles. The van der Waals surface area contributed by atoms with Gasteiger partial charge in [0.1, 0.15) is 0 Å². The second-order valence-corrected chi connectivity index (χ2v) is 4.66. The number of morpholine rings is 1. The van der Waals surface area contributed by atoms with Crippen molar-refractivity contribution < 1.29 is 4.74 Å². The molecule has 2 heterocycles. The number of H-pyrrole nitrogens is 1. The first kappa shape index (κ1) is 12.1. The van der Waals surface area contributed by atoms with Gasteiger partial charge in [-0.05, 0) is 18.2 Å². The smallest absolute Gasteiger partial charge is 0.0689 e. The van der Waals surface area contributed by atoms with E-state index in [1.54, 1.807) is 0 Å². The van der Waals surface area contributed by atoms with Gasteiger partial charge in [-0.15, -0.1) is 0 Å². The Bertz CT molecular complexity index is 527. The number of hydrogen-bond donors (Lipinski definition) is 2. The summed E-state index contributed by atoms with van der Waals surface area (Å²) < 4.78 is 5.38. The van der Waals surface area contributed by atoms with Gasteiger partial charge < -0.3 is 19.9 Å². The van der Waals surface area contributed by atoms with Gasteiger partial charge in [-0.3, -0.25) is 0 Å². The summed E-state index contributed by atoms with van der Waals surface area (Å²) in [6, 6.07) is 10.7. The summed E-state index contributed by atoms with van der Waals surface area (Å²) in [6.07, 6.45) is 1.96. The van der Waals surface area contributed by atoms with Crippen LogP contribution in [0.1, 0.15) is 0 Å². The van der Waals surface area contributed by atoms with Gasteiger partial charge in [0, 0.05) is 37.6 Å². The molecule has 4 heteroatoms. The van der Waals surface area contributed by atoms with E-state index in [4.69, 9.17) is 4.74 Å². The highest BCUT2D eigenvalue weighted by Gasteiger charge is 2.11.